The minimum absolute atomic E-state index is 0.247. The fourth-order valence-electron chi connectivity index (χ4n) is 2.61. The second-order valence-corrected chi connectivity index (χ2v) is 5.27. The molecule has 2 amide bonds. The molecule has 1 aliphatic carbocycles. The molecule has 0 aromatic carbocycles. The van der Waals surface area contributed by atoms with Gasteiger partial charge in [-0.25, -0.2) is 9.59 Å². The lowest BCUT2D eigenvalue weighted by atomic mass is 9.98. The third kappa shape index (κ3) is 2.49. The van der Waals surface area contributed by atoms with Crippen molar-refractivity contribution in [3.8, 4) is 0 Å². The van der Waals surface area contributed by atoms with Gasteiger partial charge >= 0.3 is 12.0 Å². The lowest BCUT2D eigenvalue weighted by Crippen LogP contribution is -2.56. The summed E-state index contributed by atoms with van der Waals surface area (Å²) in [5, 5.41) is 12.0. The molecule has 0 saturated heterocycles. The van der Waals surface area contributed by atoms with Crippen LogP contribution in [0.25, 0.3) is 0 Å². The van der Waals surface area contributed by atoms with Crippen molar-refractivity contribution in [2.75, 3.05) is 13.1 Å². The monoisotopic (exact) mass is 252 g/mol. The molecule has 2 N–H and O–H groups in total. The molecular weight excluding hydrogens is 232 g/mol. The van der Waals surface area contributed by atoms with Gasteiger partial charge in [0, 0.05) is 13.1 Å². The fraction of sp³-hybridized carbons (Fsp3) is 0.692. The highest BCUT2D eigenvalue weighted by Gasteiger charge is 2.43. The van der Waals surface area contributed by atoms with E-state index in [9.17, 15) is 14.7 Å². The first-order chi connectivity index (χ1) is 8.53. The van der Waals surface area contributed by atoms with E-state index in [2.05, 4.69) is 5.32 Å². The van der Waals surface area contributed by atoms with E-state index in [-0.39, 0.29) is 6.03 Å². The molecule has 1 fully saturated rings. The van der Waals surface area contributed by atoms with Crippen LogP contribution < -0.4 is 5.32 Å². The summed E-state index contributed by atoms with van der Waals surface area (Å²) in [7, 11) is 0. The highest BCUT2D eigenvalue weighted by atomic mass is 16.4. The van der Waals surface area contributed by atoms with Crippen molar-refractivity contribution in [2.45, 2.75) is 44.6 Å². The molecule has 5 heteroatoms. The SMILES string of the molecule is CC1=CCN(C(=O)NC2(C(=O)O)CCCC2)CC1. The molecule has 0 atom stereocenters. The average Bonchev–Trinajstić information content (AvgIpc) is 2.79. The van der Waals surface area contributed by atoms with E-state index in [1.165, 1.54) is 5.57 Å². The van der Waals surface area contributed by atoms with E-state index in [0.29, 0.717) is 25.9 Å². The number of carboxylic acids is 1. The van der Waals surface area contributed by atoms with Crippen LogP contribution in [0.5, 0.6) is 0 Å². The summed E-state index contributed by atoms with van der Waals surface area (Å²) in [6.07, 6.45) is 5.70. The van der Waals surface area contributed by atoms with Crippen LogP contribution in [0.3, 0.4) is 0 Å². The summed E-state index contributed by atoms with van der Waals surface area (Å²) in [5.41, 5.74) is 0.251. The molecule has 0 bridgehead atoms. The maximum atomic E-state index is 12.1. The van der Waals surface area contributed by atoms with Gasteiger partial charge in [0.15, 0.2) is 0 Å². The van der Waals surface area contributed by atoms with E-state index in [1.54, 1.807) is 4.90 Å². The number of carbonyl (C=O) groups is 2. The molecular formula is C13H20N2O3. The summed E-state index contributed by atoms with van der Waals surface area (Å²) < 4.78 is 0. The molecule has 100 valence electrons. The van der Waals surface area contributed by atoms with Gasteiger partial charge < -0.3 is 15.3 Å². The molecule has 0 unspecified atom stereocenters. The van der Waals surface area contributed by atoms with Crippen LogP contribution in [-0.4, -0.2) is 40.6 Å². The third-order valence-electron chi connectivity index (χ3n) is 3.94. The van der Waals surface area contributed by atoms with E-state index in [4.69, 9.17) is 0 Å². The van der Waals surface area contributed by atoms with E-state index in [0.717, 1.165) is 19.3 Å². The van der Waals surface area contributed by atoms with Gasteiger partial charge in [0.25, 0.3) is 0 Å². The summed E-state index contributed by atoms with van der Waals surface area (Å²) >= 11 is 0. The normalized spacial score (nSPS) is 22.5. The fourth-order valence-corrected chi connectivity index (χ4v) is 2.61. The molecule has 0 radical (unpaired) electrons. The molecule has 1 saturated carbocycles. The first-order valence-electron chi connectivity index (χ1n) is 6.50. The number of carboxylic acid groups (broad SMARTS) is 1. The molecule has 5 nitrogen and oxygen atoms in total. The highest BCUT2D eigenvalue weighted by molar-refractivity contribution is 5.86. The van der Waals surface area contributed by atoms with Gasteiger partial charge in [-0.3, -0.25) is 0 Å². The summed E-state index contributed by atoms with van der Waals surface area (Å²) in [6, 6.07) is -0.247. The molecule has 0 spiro atoms. The van der Waals surface area contributed by atoms with Gasteiger partial charge in [0.05, 0.1) is 0 Å². The Morgan fingerprint density at radius 3 is 2.56 bits per heavy atom. The van der Waals surface area contributed by atoms with E-state index < -0.39 is 11.5 Å². The highest BCUT2D eigenvalue weighted by Crippen LogP contribution is 2.30. The minimum atomic E-state index is -1.03. The predicted molar refractivity (Wildman–Crippen MR) is 67.3 cm³/mol. The summed E-state index contributed by atoms with van der Waals surface area (Å²) in [6.45, 7) is 3.29. The molecule has 0 aromatic heterocycles. The van der Waals surface area contributed by atoms with Crippen LogP contribution in [0.15, 0.2) is 11.6 Å². The van der Waals surface area contributed by atoms with E-state index >= 15 is 0 Å². The van der Waals surface area contributed by atoms with Crippen LogP contribution in [0.1, 0.15) is 39.0 Å². The summed E-state index contributed by atoms with van der Waals surface area (Å²) in [5.74, 6) is -0.905. The maximum Gasteiger partial charge on any atom is 0.329 e. The van der Waals surface area contributed by atoms with Gasteiger partial charge in [-0.05, 0) is 26.2 Å². The number of hydrogen-bond donors (Lipinski definition) is 2. The molecule has 2 rings (SSSR count). The Morgan fingerprint density at radius 1 is 1.39 bits per heavy atom. The Hall–Kier alpha value is -1.52. The van der Waals surface area contributed by atoms with Crippen LogP contribution in [0.4, 0.5) is 4.79 Å². The topological polar surface area (TPSA) is 69.6 Å². The average molecular weight is 252 g/mol. The Bertz CT molecular complexity index is 384. The molecule has 18 heavy (non-hydrogen) atoms. The van der Waals surface area contributed by atoms with Crippen LogP contribution >= 0.6 is 0 Å². The third-order valence-corrected chi connectivity index (χ3v) is 3.94. The first kappa shape index (κ1) is 12.9. The lowest BCUT2D eigenvalue weighted by molar-refractivity contribution is -0.144. The van der Waals surface area contributed by atoms with Gasteiger partial charge in [0.1, 0.15) is 5.54 Å². The Labute approximate surface area is 107 Å². The molecule has 0 aromatic rings. The number of urea groups is 1. The quantitative estimate of drug-likeness (QED) is 0.735. The summed E-state index contributed by atoms with van der Waals surface area (Å²) in [4.78, 5) is 25.1. The second-order valence-electron chi connectivity index (χ2n) is 5.27. The van der Waals surface area contributed by atoms with Crippen molar-refractivity contribution in [2.24, 2.45) is 0 Å². The molecule has 2 aliphatic rings. The zero-order chi connectivity index (χ0) is 13.2. The first-order valence-corrected chi connectivity index (χ1v) is 6.50. The van der Waals surface area contributed by atoms with Crippen molar-refractivity contribution in [1.82, 2.24) is 10.2 Å². The maximum absolute atomic E-state index is 12.1. The standard InChI is InChI=1S/C13H20N2O3/c1-10-4-8-15(9-5-10)12(18)14-13(11(16)17)6-2-3-7-13/h4H,2-3,5-9H2,1H3,(H,14,18)(H,16,17). The molecule has 1 aliphatic heterocycles. The van der Waals surface area contributed by atoms with Crippen molar-refractivity contribution < 1.29 is 14.7 Å². The van der Waals surface area contributed by atoms with Gasteiger partial charge in [-0.1, -0.05) is 24.5 Å². The number of rotatable bonds is 2. The van der Waals surface area contributed by atoms with Crippen molar-refractivity contribution in [3.05, 3.63) is 11.6 Å². The zero-order valence-corrected chi connectivity index (χ0v) is 10.7. The van der Waals surface area contributed by atoms with E-state index in [1.807, 2.05) is 13.0 Å². The predicted octanol–water partition coefficient (Wildman–Crippen LogP) is 1.75. The van der Waals surface area contributed by atoms with Crippen molar-refractivity contribution in [1.29, 1.82) is 0 Å². The van der Waals surface area contributed by atoms with Crippen LogP contribution in [-0.2, 0) is 4.79 Å². The van der Waals surface area contributed by atoms with Crippen LogP contribution in [0.2, 0.25) is 0 Å². The number of aliphatic carboxylic acids is 1. The largest absolute Gasteiger partial charge is 0.480 e. The smallest absolute Gasteiger partial charge is 0.329 e. The Morgan fingerprint density at radius 2 is 2.06 bits per heavy atom. The van der Waals surface area contributed by atoms with Crippen LogP contribution in [0, 0.1) is 0 Å². The second kappa shape index (κ2) is 5.00. The van der Waals surface area contributed by atoms with Crippen molar-refractivity contribution in [3.63, 3.8) is 0 Å². The van der Waals surface area contributed by atoms with Gasteiger partial charge in [-0.2, -0.15) is 0 Å². The number of nitrogens with zero attached hydrogens (tertiary/aromatic N) is 1. The minimum Gasteiger partial charge on any atom is -0.480 e. The van der Waals surface area contributed by atoms with Crippen molar-refractivity contribution >= 4 is 12.0 Å². The molecule has 1 heterocycles. The van der Waals surface area contributed by atoms with Gasteiger partial charge in [0.2, 0.25) is 0 Å². The Kier molecular flexibility index (Phi) is 3.59. The lowest BCUT2D eigenvalue weighted by Gasteiger charge is -2.31. The number of amides is 2. The zero-order valence-electron chi connectivity index (χ0n) is 10.7. The Balaban J connectivity index is 2.00. The number of carbonyl (C=O) groups excluding carboxylic acids is 1. The number of nitrogens with one attached hydrogen (secondary N) is 1. The van der Waals surface area contributed by atoms with Gasteiger partial charge in [-0.15, -0.1) is 0 Å². The number of hydrogen-bond acceptors (Lipinski definition) is 2.